The van der Waals surface area contributed by atoms with Crippen molar-refractivity contribution < 1.29 is 37.1 Å². The Morgan fingerprint density at radius 1 is 0.618 bits per heavy atom. The molecule has 0 fully saturated rings. The zero-order valence-electron chi connectivity index (χ0n) is 27.4. The van der Waals surface area contributed by atoms with Gasteiger partial charge in [-0.15, -0.1) is 0 Å². The second-order valence-electron chi connectivity index (χ2n) is 11.0. The summed E-state index contributed by atoms with van der Waals surface area (Å²) in [5.74, 6) is -5.48. The van der Waals surface area contributed by atoms with Gasteiger partial charge in [0.2, 0.25) is 10.6 Å². The number of carbonyl (C=O) groups excluding carboxylic acids is 3. The van der Waals surface area contributed by atoms with Crippen molar-refractivity contribution in [2.75, 3.05) is 10.6 Å². The lowest BCUT2D eigenvalue weighted by molar-refractivity contribution is 0.0989. The number of para-hydroxylation sites is 2. The van der Waals surface area contributed by atoms with Crippen LogP contribution in [0.5, 0.6) is 0 Å². The fraction of sp³-hybridized carbons (Fsp3) is 0.0513. The van der Waals surface area contributed by atoms with Crippen molar-refractivity contribution >= 4 is 64.0 Å². The number of nitrogens with zero attached hydrogens (tertiary/aromatic N) is 4. The summed E-state index contributed by atoms with van der Waals surface area (Å²) >= 11 is 11.4. The molecule has 0 bridgehead atoms. The Hall–Kier alpha value is -6.51. The van der Waals surface area contributed by atoms with Gasteiger partial charge in [0.15, 0.2) is 5.78 Å². The van der Waals surface area contributed by atoms with Crippen LogP contribution in [-0.2, 0) is 6.42 Å². The third kappa shape index (κ3) is 11.2. The van der Waals surface area contributed by atoms with E-state index in [9.17, 15) is 37.1 Å². The van der Waals surface area contributed by atoms with Gasteiger partial charge in [-0.2, -0.15) is 0 Å². The number of anilines is 2. The normalized spacial score (nSPS) is 10.7. The van der Waals surface area contributed by atoms with Crippen molar-refractivity contribution in [2.24, 2.45) is 0 Å². The standard InChI is InChI=1S/2C19H12ClF2N3O2.CH4/c2*20-19-23-8-7-13(24-19)10-16(26)11-3-1-4-12(9-11)18(27)25-17-14(21)5-2-6-15(17)22;/h1-9H,10H2,(H,25,27);1-10,26H,(H,25,27);1H4/b;16-10+;. The van der Waals surface area contributed by atoms with E-state index in [4.69, 9.17) is 23.2 Å². The predicted octanol–water partition coefficient (Wildman–Crippen LogP) is 9.44. The average molecular weight is 792 g/mol. The summed E-state index contributed by atoms with van der Waals surface area (Å²) in [4.78, 5) is 52.4. The Morgan fingerprint density at radius 2 is 1.05 bits per heavy atom. The lowest BCUT2D eigenvalue weighted by Gasteiger charge is -2.08. The largest absolute Gasteiger partial charge is 0.507 e. The molecule has 2 aromatic heterocycles. The van der Waals surface area contributed by atoms with Crippen LogP contribution in [0.2, 0.25) is 10.6 Å². The van der Waals surface area contributed by atoms with Gasteiger partial charge in [0.1, 0.15) is 40.4 Å². The summed E-state index contributed by atoms with van der Waals surface area (Å²) in [6.45, 7) is 0. The molecule has 0 aliphatic carbocycles. The monoisotopic (exact) mass is 790 g/mol. The highest BCUT2D eigenvalue weighted by Gasteiger charge is 2.17. The number of rotatable bonds is 9. The van der Waals surface area contributed by atoms with Crippen LogP contribution >= 0.6 is 23.2 Å². The van der Waals surface area contributed by atoms with E-state index in [1.165, 1.54) is 73.1 Å². The number of amides is 2. The molecule has 16 heteroatoms. The number of carbonyl (C=O) groups is 3. The number of hydrogen-bond donors (Lipinski definition) is 3. The maximum absolute atomic E-state index is 13.7. The van der Waals surface area contributed by atoms with Crippen molar-refractivity contribution in [2.45, 2.75) is 13.8 Å². The van der Waals surface area contributed by atoms with E-state index in [1.807, 2.05) is 0 Å². The number of hydrogen-bond acceptors (Lipinski definition) is 8. The lowest BCUT2D eigenvalue weighted by Crippen LogP contribution is -2.15. The molecule has 4 aromatic carbocycles. The molecule has 10 nitrogen and oxygen atoms in total. The fourth-order valence-electron chi connectivity index (χ4n) is 4.65. The first-order valence-electron chi connectivity index (χ1n) is 15.5. The summed E-state index contributed by atoms with van der Waals surface area (Å²) < 4.78 is 54.7. The number of aromatic nitrogens is 4. The quantitative estimate of drug-likeness (QED) is 0.0568. The molecular formula is C39H28Cl2F4N6O4. The number of benzene rings is 4. The van der Waals surface area contributed by atoms with E-state index in [0.29, 0.717) is 17.0 Å². The van der Waals surface area contributed by atoms with Gasteiger partial charge in [0.05, 0.1) is 17.8 Å². The van der Waals surface area contributed by atoms with Crippen molar-refractivity contribution in [3.05, 3.63) is 177 Å². The van der Waals surface area contributed by atoms with E-state index >= 15 is 0 Å². The summed E-state index contributed by atoms with van der Waals surface area (Å²) in [6, 6.07) is 21.4. The lowest BCUT2D eigenvalue weighted by atomic mass is 10.0. The first-order valence-corrected chi connectivity index (χ1v) is 16.2. The van der Waals surface area contributed by atoms with Gasteiger partial charge in [0, 0.05) is 40.7 Å². The molecule has 0 aliphatic rings. The molecule has 0 atom stereocenters. The second kappa shape index (κ2) is 19.0. The summed E-state index contributed by atoms with van der Waals surface area (Å²) in [7, 11) is 0. The SMILES string of the molecule is C.O=C(Cc1ccnc(Cl)n1)c1cccc(C(=O)Nc2c(F)cccc2F)c1.O=C(Nc1c(F)cccc1F)c1cccc(/C(O)=C\c2ccnc(Cl)n2)c1. The highest BCUT2D eigenvalue weighted by atomic mass is 35.5. The minimum Gasteiger partial charge on any atom is -0.507 e. The van der Waals surface area contributed by atoms with E-state index in [1.54, 1.807) is 18.2 Å². The zero-order chi connectivity index (χ0) is 38.8. The van der Waals surface area contributed by atoms with Crippen LogP contribution in [-0.4, -0.2) is 42.6 Å². The van der Waals surface area contributed by atoms with Gasteiger partial charge in [-0.1, -0.05) is 43.8 Å². The second-order valence-corrected chi connectivity index (χ2v) is 11.6. The van der Waals surface area contributed by atoms with Crippen LogP contribution in [0, 0.1) is 23.3 Å². The molecular weight excluding hydrogens is 763 g/mol. The zero-order valence-corrected chi connectivity index (χ0v) is 28.9. The molecule has 3 N–H and O–H groups in total. The van der Waals surface area contributed by atoms with Gasteiger partial charge in [-0.25, -0.2) is 37.5 Å². The summed E-state index contributed by atoms with van der Waals surface area (Å²) in [5, 5.41) is 14.7. The molecule has 0 unspecified atom stereocenters. The van der Waals surface area contributed by atoms with Gasteiger partial charge in [-0.3, -0.25) is 14.4 Å². The highest BCUT2D eigenvalue weighted by molar-refractivity contribution is 6.28. The molecule has 2 heterocycles. The Labute approximate surface area is 321 Å². The van der Waals surface area contributed by atoms with Crippen LogP contribution in [0.25, 0.3) is 11.8 Å². The minimum atomic E-state index is -0.892. The number of Topliss-reactive ketones (excluding diaryl/α,β-unsaturated/α-hetero) is 1. The number of aliphatic hydroxyl groups is 1. The van der Waals surface area contributed by atoms with Gasteiger partial charge < -0.3 is 15.7 Å². The summed E-state index contributed by atoms with van der Waals surface area (Å²) in [5.41, 5.74) is 0.482. The van der Waals surface area contributed by atoms with Crippen molar-refractivity contribution in [1.82, 2.24) is 19.9 Å². The highest BCUT2D eigenvalue weighted by Crippen LogP contribution is 2.22. The molecule has 6 rings (SSSR count). The van der Waals surface area contributed by atoms with Crippen LogP contribution in [0.3, 0.4) is 0 Å². The predicted molar refractivity (Wildman–Crippen MR) is 201 cm³/mol. The number of nitrogens with one attached hydrogen (secondary N) is 2. The topological polar surface area (TPSA) is 147 Å². The maximum Gasteiger partial charge on any atom is 0.255 e. The Morgan fingerprint density at radius 3 is 1.56 bits per heavy atom. The van der Waals surface area contributed by atoms with Crippen molar-refractivity contribution in [3.63, 3.8) is 0 Å². The molecule has 55 heavy (non-hydrogen) atoms. The number of aliphatic hydroxyl groups excluding tert-OH is 1. The van der Waals surface area contributed by atoms with Crippen LogP contribution in [0.15, 0.2) is 109 Å². The third-order valence-electron chi connectivity index (χ3n) is 7.23. The molecule has 0 spiro atoms. The van der Waals surface area contributed by atoms with Gasteiger partial charge in [-0.05, 0) is 83.9 Å². The molecule has 0 aliphatic heterocycles. The minimum absolute atomic E-state index is 0. The third-order valence-corrected chi connectivity index (χ3v) is 7.59. The van der Waals surface area contributed by atoms with Crippen LogP contribution < -0.4 is 10.6 Å². The molecule has 2 amide bonds. The average Bonchev–Trinajstić information content (AvgIpc) is 3.15. The van der Waals surface area contributed by atoms with Crippen LogP contribution in [0.1, 0.15) is 55.5 Å². The number of halogens is 6. The molecule has 0 saturated carbocycles. The van der Waals surface area contributed by atoms with Gasteiger partial charge in [0.25, 0.3) is 11.8 Å². The molecule has 0 radical (unpaired) electrons. The van der Waals surface area contributed by atoms with Crippen LogP contribution in [0.4, 0.5) is 28.9 Å². The first kappa shape index (κ1) is 41.2. The van der Waals surface area contributed by atoms with E-state index in [0.717, 1.165) is 24.3 Å². The van der Waals surface area contributed by atoms with Gasteiger partial charge >= 0.3 is 0 Å². The van der Waals surface area contributed by atoms with E-state index in [-0.39, 0.29) is 52.6 Å². The fourth-order valence-corrected chi connectivity index (χ4v) is 4.96. The van der Waals surface area contributed by atoms with E-state index in [2.05, 4.69) is 30.6 Å². The summed E-state index contributed by atoms with van der Waals surface area (Å²) in [6.07, 6.45) is 4.18. The van der Waals surface area contributed by atoms with E-state index < -0.39 is 46.5 Å². The Bertz CT molecular complexity index is 2360. The molecule has 280 valence electrons. The van der Waals surface area contributed by atoms with Crippen molar-refractivity contribution in [1.29, 1.82) is 0 Å². The Kier molecular flexibility index (Phi) is 14.3. The molecule has 6 aromatic rings. The molecule has 0 saturated heterocycles. The maximum atomic E-state index is 13.7. The number of ketones is 1. The van der Waals surface area contributed by atoms with Crippen molar-refractivity contribution in [3.8, 4) is 0 Å². The Balaban J connectivity index is 0.000000240. The smallest absolute Gasteiger partial charge is 0.255 e. The first-order chi connectivity index (χ1) is 25.9.